The molecule has 0 rings (SSSR count). The first-order valence-electron chi connectivity index (χ1n) is 4.40. The molecule has 0 aromatic rings. The van der Waals surface area contributed by atoms with Gasteiger partial charge in [0.2, 0.25) is 11.8 Å². The van der Waals surface area contributed by atoms with E-state index in [0.717, 1.165) is 0 Å². The Balaban J connectivity index is 3.72. The van der Waals surface area contributed by atoms with Crippen LogP contribution in [0.4, 0.5) is 0 Å². The summed E-state index contributed by atoms with van der Waals surface area (Å²) < 4.78 is 0. The molecule has 6 heteroatoms. The Morgan fingerprint density at radius 3 is 2.27 bits per heavy atom. The first kappa shape index (κ1) is 12.9. The first-order chi connectivity index (χ1) is 7.10. The SMILES string of the molecule is C[C@H](CNC(=O)CC#N)NC(=O)CC#N. The van der Waals surface area contributed by atoms with Crippen molar-refractivity contribution in [3.63, 3.8) is 0 Å². The largest absolute Gasteiger partial charge is 0.353 e. The normalized spacial score (nSPS) is 10.6. The molecule has 0 aliphatic heterocycles. The molecule has 0 saturated carbocycles. The molecule has 0 aromatic carbocycles. The Hall–Kier alpha value is -2.08. The van der Waals surface area contributed by atoms with Gasteiger partial charge >= 0.3 is 0 Å². The molecule has 0 radical (unpaired) electrons. The van der Waals surface area contributed by atoms with Crippen LogP contribution in [-0.2, 0) is 9.59 Å². The summed E-state index contributed by atoms with van der Waals surface area (Å²) in [5.41, 5.74) is 0. The van der Waals surface area contributed by atoms with Crippen molar-refractivity contribution in [1.29, 1.82) is 10.5 Å². The number of hydrogen-bond donors (Lipinski definition) is 2. The Morgan fingerprint density at radius 2 is 1.73 bits per heavy atom. The Bertz CT molecular complexity index is 313. The highest BCUT2D eigenvalue weighted by Gasteiger charge is 2.07. The molecule has 0 heterocycles. The fraction of sp³-hybridized carbons (Fsp3) is 0.556. The van der Waals surface area contributed by atoms with E-state index in [1.165, 1.54) is 0 Å². The van der Waals surface area contributed by atoms with Gasteiger partial charge in [0.25, 0.3) is 0 Å². The maximum absolute atomic E-state index is 10.9. The van der Waals surface area contributed by atoms with Gasteiger partial charge in [0, 0.05) is 12.6 Å². The van der Waals surface area contributed by atoms with Crippen LogP contribution in [0, 0.1) is 22.7 Å². The zero-order valence-electron chi connectivity index (χ0n) is 8.41. The van der Waals surface area contributed by atoms with E-state index in [-0.39, 0.29) is 37.2 Å². The highest BCUT2D eigenvalue weighted by molar-refractivity contribution is 5.79. The van der Waals surface area contributed by atoms with Gasteiger partial charge in [-0.2, -0.15) is 10.5 Å². The summed E-state index contributed by atoms with van der Waals surface area (Å²) in [5.74, 6) is -0.751. The quantitative estimate of drug-likeness (QED) is 0.631. The average Bonchev–Trinajstić information content (AvgIpc) is 2.15. The molecule has 0 spiro atoms. The van der Waals surface area contributed by atoms with E-state index in [0.29, 0.717) is 0 Å². The molecule has 0 bridgehead atoms. The molecule has 0 fully saturated rings. The third kappa shape index (κ3) is 7.03. The van der Waals surface area contributed by atoms with Gasteiger partial charge in [0.05, 0.1) is 12.1 Å². The second-order valence-corrected chi connectivity index (χ2v) is 2.94. The van der Waals surface area contributed by atoms with Gasteiger partial charge in [-0.3, -0.25) is 9.59 Å². The van der Waals surface area contributed by atoms with E-state index in [1.807, 2.05) is 0 Å². The first-order valence-corrected chi connectivity index (χ1v) is 4.40. The summed E-state index contributed by atoms with van der Waals surface area (Å²) in [7, 11) is 0. The lowest BCUT2D eigenvalue weighted by Crippen LogP contribution is -2.41. The van der Waals surface area contributed by atoms with Gasteiger partial charge in [-0.15, -0.1) is 0 Å². The summed E-state index contributed by atoms with van der Waals surface area (Å²) in [4.78, 5) is 21.8. The second kappa shape index (κ2) is 7.34. The molecule has 1 atom stereocenters. The third-order valence-electron chi connectivity index (χ3n) is 1.49. The zero-order chi connectivity index (χ0) is 11.7. The van der Waals surface area contributed by atoms with E-state index in [1.54, 1.807) is 19.1 Å². The van der Waals surface area contributed by atoms with Crippen molar-refractivity contribution in [2.45, 2.75) is 25.8 Å². The Labute approximate surface area is 87.9 Å². The number of nitrogens with one attached hydrogen (secondary N) is 2. The number of nitrogens with zero attached hydrogens (tertiary/aromatic N) is 2. The number of rotatable bonds is 5. The topological polar surface area (TPSA) is 106 Å². The van der Waals surface area contributed by atoms with Gasteiger partial charge in [0.1, 0.15) is 12.8 Å². The van der Waals surface area contributed by atoms with Gasteiger partial charge in [-0.05, 0) is 6.92 Å². The molecule has 15 heavy (non-hydrogen) atoms. The van der Waals surface area contributed by atoms with Gasteiger partial charge in [0.15, 0.2) is 0 Å². The van der Waals surface area contributed by atoms with E-state index in [9.17, 15) is 9.59 Å². The van der Waals surface area contributed by atoms with E-state index in [4.69, 9.17) is 10.5 Å². The maximum atomic E-state index is 10.9. The molecule has 2 amide bonds. The zero-order valence-corrected chi connectivity index (χ0v) is 8.41. The van der Waals surface area contributed by atoms with Crippen molar-refractivity contribution in [3.05, 3.63) is 0 Å². The summed E-state index contributed by atoms with van der Waals surface area (Å²) in [6, 6.07) is 3.17. The van der Waals surface area contributed by atoms with Crippen LogP contribution >= 0.6 is 0 Å². The maximum Gasteiger partial charge on any atom is 0.234 e. The van der Waals surface area contributed by atoms with Crippen molar-refractivity contribution >= 4 is 11.8 Å². The van der Waals surface area contributed by atoms with Crippen molar-refractivity contribution in [2.75, 3.05) is 6.54 Å². The summed E-state index contributed by atoms with van der Waals surface area (Å²) in [6.45, 7) is 1.94. The molecule has 2 N–H and O–H groups in total. The molecular weight excluding hydrogens is 196 g/mol. The van der Waals surface area contributed by atoms with E-state index >= 15 is 0 Å². The third-order valence-corrected chi connectivity index (χ3v) is 1.49. The molecule has 80 valence electrons. The number of amides is 2. The monoisotopic (exact) mass is 208 g/mol. The van der Waals surface area contributed by atoms with Crippen molar-refractivity contribution in [2.24, 2.45) is 0 Å². The molecule has 0 unspecified atom stereocenters. The van der Waals surface area contributed by atoms with E-state index < -0.39 is 0 Å². The number of carbonyl (C=O) groups is 2. The summed E-state index contributed by atoms with van der Waals surface area (Å²) in [6.07, 6.45) is -0.394. The lowest BCUT2D eigenvalue weighted by molar-refractivity contribution is -0.122. The van der Waals surface area contributed by atoms with Gasteiger partial charge in [-0.25, -0.2) is 0 Å². The number of hydrogen-bond acceptors (Lipinski definition) is 4. The fourth-order valence-corrected chi connectivity index (χ4v) is 0.850. The summed E-state index contributed by atoms with van der Waals surface area (Å²) in [5, 5.41) is 21.4. The van der Waals surface area contributed by atoms with Crippen LogP contribution in [0.3, 0.4) is 0 Å². The minimum Gasteiger partial charge on any atom is -0.353 e. The number of carbonyl (C=O) groups excluding carboxylic acids is 2. The molecular formula is C9H12N4O2. The summed E-state index contributed by atoms with van der Waals surface area (Å²) >= 11 is 0. The lowest BCUT2D eigenvalue weighted by atomic mass is 10.3. The standard InChI is InChI=1S/C9H12N4O2/c1-7(13-9(15)3-5-11)6-12-8(14)2-4-10/h7H,2-3,6H2,1H3,(H,12,14)(H,13,15)/t7-/m1/s1. The van der Waals surface area contributed by atoms with E-state index in [2.05, 4.69) is 10.6 Å². The van der Waals surface area contributed by atoms with Crippen molar-refractivity contribution < 1.29 is 9.59 Å². The highest BCUT2D eigenvalue weighted by atomic mass is 16.2. The molecule has 6 nitrogen and oxygen atoms in total. The Kier molecular flexibility index (Phi) is 6.32. The van der Waals surface area contributed by atoms with Crippen molar-refractivity contribution in [1.82, 2.24) is 10.6 Å². The molecule has 0 aliphatic carbocycles. The number of nitriles is 2. The predicted octanol–water partition coefficient (Wildman–Crippen LogP) is -0.565. The van der Waals surface area contributed by atoms with Gasteiger partial charge < -0.3 is 10.6 Å². The van der Waals surface area contributed by atoms with Crippen LogP contribution < -0.4 is 10.6 Å². The smallest absolute Gasteiger partial charge is 0.234 e. The Morgan fingerprint density at radius 1 is 1.20 bits per heavy atom. The van der Waals surface area contributed by atoms with Crippen LogP contribution in [-0.4, -0.2) is 24.4 Å². The van der Waals surface area contributed by atoms with Crippen LogP contribution in [0.15, 0.2) is 0 Å². The highest BCUT2D eigenvalue weighted by Crippen LogP contribution is 1.84. The van der Waals surface area contributed by atoms with Crippen molar-refractivity contribution in [3.8, 4) is 12.1 Å². The predicted molar refractivity (Wildman–Crippen MR) is 51.1 cm³/mol. The minimum atomic E-state index is -0.376. The van der Waals surface area contributed by atoms with Crippen LogP contribution in [0.5, 0.6) is 0 Å². The second-order valence-electron chi connectivity index (χ2n) is 2.94. The molecule has 0 aromatic heterocycles. The molecule has 0 saturated heterocycles. The lowest BCUT2D eigenvalue weighted by Gasteiger charge is -2.12. The van der Waals surface area contributed by atoms with Crippen LogP contribution in [0.1, 0.15) is 19.8 Å². The van der Waals surface area contributed by atoms with Crippen LogP contribution in [0.25, 0.3) is 0 Å². The average molecular weight is 208 g/mol. The fourth-order valence-electron chi connectivity index (χ4n) is 0.850. The van der Waals surface area contributed by atoms with Crippen LogP contribution in [0.2, 0.25) is 0 Å². The van der Waals surface area contributed by atoms with Gasteiger partial charge in [-0.1, -0.05) is 0 Å². The molecule has 0 aliphatic rings. The minimum absolute atomic E-state index is 0.196.